The average Bonchev–Trinajstić information content (AvgIpc) is 3.44. The fourth-order valence-electron chi connectivity index (χ4n) is 3.60. The van der Waals surface area contributed by atoms with Crippen LogP contribution in [0.5, 0.6) is 0 Å². The van der Waals surface area contributed by atoms with Crippen molar-refractivity contribution in [1.29, 1.82) is 0 Å². The molecule has 1 fully saturated rings. The van der Waals surface area contributed by atoms with E-state index in [-0.39, 0.29) is 6.04 Å². The van der Waals surface area contributed by atoms with Crippen LogP contribution in [0.4, 0.5) is 17.6 Å². The van der Waals surface area contributed by atoms with Crippen molar-refractivity contribution < 1.29 is 4.52 Å². The van der Waals surface area contributed by atoms with Gasteiger partial charge < -0.3 is 14.7 Å². The van der Waals surface area contributed by atoms with E-state index in [9.17, 15) is 0 Å². The Labute approximate surface area is 173 Å². The number of rotatable bonds is 5. The van der Waals surface area contributed by atoms with Crippen molar-refractivity contribution in [1.82, 2.24) is 30.1 Å². The molecule has 1 N–H and O–H groups in total. The number of pyridine rings is 1. The van der Waals surface area contributed by atoms with Crippen LogP contribution in [0.1, 0.15) is 30.3 Å². The third-order valence-electron chi connectivity index (χ3n) is 4.92. The highest BCUT2D eigenvalue weighted by atomic mass is 16.5. The molecule has 0 spiro atoms. The van der Waals surface area contributed by atoms with Gasteiger partial charge in [-0.15, -0.1) is 0 Å². The second kappa shape index (κ2) is 7.86. The minimum absolute atomic E-state index is 0.0134. The van der Waals surface area contributed by atoms with Crippen molar-refractivity contribution >= 4 is 17.6 Å². The van der Waals surface area contributed by atoms with Gasteiger partial charge in [-0.05, 0) is 38.0 Å². The molecule has 0 amide bonds. The lowest BCUT2D eigenvalue weighted by Gasteiger charge is -2.23. The maximum atomic E-state index is 5.66. The van der Waals surface area contributed by atoms with Gasteiger partial charge in [-0.2, -0.15) is 4.98 Å². The van der Waals surface area contributed by atoms with E-state index in [2.05, 4.69) is 35.3 Å². The Morgan fingerprint density at radius 2 is 1.87 bits per heavy atom. The van der Waals surface area contributed by atoms with E-state index in [0.29, 0.717) is 23.3 Å². The summed E-state index contributed by atoms with van der Waals surface area (Å²) < 4.78 is 5.66. The molecule has 30 heavy (non-hydrogen) atoms. The Morgan fingerprint density at radius 1 is 1.00 bits per heavy atom. The minimum atomic E-state index is 0.0134. The Morgan fingerprint density at radius 3 is 2.70 bits per heavy atom. The van der Waals surface area contributed by atoms with Crippen LogP contribution >= 0.6 is 0 Å². The summed E-state index contributed by atoms with van der Waals surface area (Å²) in [5.74, 6) is 3.41. The zero-order chi connectivity index (χ0) is 20.3. The van der Waals surface area contributed by atoms with Gasteiger partial charge in [0.2, 0.25) is 5.95 Å². The van der Waals surface area contributed by atoms with E-state index in [1.807, 2.05) is 37.3 Å². The molecule has 4 aromatic heterocycles. The molecule has 1 unspecified atom stereocenters. The largest absolute Gasteiger partial charge is 0.358 e. The number of aromatic nitrogens is 6. The van der Waals surface area contributed by atoms with E-state index in [0.717, 1.165) is 36.7 Å². The maximum absolute atomic E-state index is 5.66. The highest BCUT2D eigenvalue weighted by Gasteiger charge is 2.32. The number of hydrogen-bond acceptors (Lipinski definition) is 9. The molecule has 0 aromatic carbocycles. The normalized spacial score (nSPS) is 16.0. The lowest BCUT2D eigenvalue weighted by Crippen LogP contribution is -2.25. The highest BCUT2D eigenvalue weighted by molar-refractivity contribution is 5.55. The Balaban J connectivity index is 1.42. The monoisotopic (exact) mass is 400 g/mol. The van der Waals surface area contributed by atoms with E-state index in [4.69, 9.17) is 9.51 Å². The number of anilines is 3. The summed E-state index contributed by atoms with van der Waals surface area (Å²) in [4.78, 5) is 24.3. The summed E-state index contributed by atoms with van der Waals surface area (Å²) in [7, 11) is 0. The molecule has 150 valence electrons. The predicted octanol–water partition coefficient (Wildman–Crippen LogP) is 3.71. The highest BCUT2D eigenvalue weighted by Crippen LogP contribution is 2.36. The van der Waals surface area contributed by atoms with Gasteiger partial charge in [0.25, 0.3) is 0 Å². The first-order valence-electron chi connectivity index (χ1n) is 9.81. The molecule has 0 radical (unpaired) electrons. The van der Waals surface area contributed by atoms with Crippen molar-refractivity contribution in [3.05, 3.63) is 66.4 Å². The number of nitrogens with one attached hydrogen (secondary N) is 1. The fraction of sp³-hybridized carbons (Fsp3) is 0.238. The molecule has 1 aliphatic rings. The Hall–Kier alpha value is -3.88. The molecule has 5 rings (SSSR count). The molecule has 5 heterocycles. The Bertz CT molecular complexity index is 1130. The molecular formula is C21H20N8O. The zero-order valence-corrected chi connectivity index (χ0v) is 16.4. The van der Waals surface area contributed by atoms with Crippen molar-refractivity contribution in [2.45, 2.75) is 25.8 Å². The molecule has 4 aromatic rings. The van der Waals surface area contributed by atoms with E-state index < -0.39 is 0 Å². The van der Waals surface area contributed by atoms with Gasteiger partial charge in [-0.25, -0.2) is 19.9 Å². The second-order valence-corrected chi connectivity index (χ2v) is 7.07. The number of hydrogen-bond donors (Lipinski definition) is 1. The number of nitrogens with zero attached hydrogens (tertiary/aromatic N) is 7. The second-order valence-electron chi connectivity index (χ2n) is 7.07. The molecule has 1 atom stereocenters. The summed E-state index contributed by atoms with van der Waals surface area (Å²) in [6.07, 6.45) is 7.07. The van der Waals surface area contributed by atoms with Crippen LogP contribution in [0.25, 0.3) is 11.5 Å². The first-order valence-corrected chi connectivity index (χ1v) is 9.81. The van der Waals surface area contributed by atoms with Crippen LogP contribution in [0.2, 0.25) is 0 Å². The summed E-state index contributed by atoms with van der Waals surface area (Å²) in [5.41, 5.74) is 1.50. The van der Waals surface area contributed by atoms with Gasteiger partial charge in [-0.3, -0.25) is 0 Å². The topological polar surface area (TPSA) is 106 Å². The van der Waals surface area contributed by atoms with Gasteiger partial charge in [-0.1, -0.05) is 11.2 Å². The lowest BCUT2D eigenvalue weighted by atomic mass is 10.1. The maximum Gasteiger partial charge on any atom is 0.228 e. The van der Waals surface area contributed by atoms with E-state index in [1.165, 1.54) is 0 Å². The quantitative estimate of drug-likeness (QED) is 0.536. The smallest absolute Gasteiger partial charge is 0.228 e. The van der Waals surface area contributed by atoms with Crippen LogP contribution in [-0.4, -0.2) is 36.6 Å². The molecule has 0 bridgehead atoms. The molecule has 1 aliphatic heterocycles. The molecule has 9 heteroatoms. The van der Waals surface area contributed by atoms with Gasteiger partial charge in [0.05, 0.1) is 6.04 Å². The van der Waals surface area contributed by atoms with Crippen LogP contribution in [-0.2, 0) is 0 Å². The summed E-state index contributed by atoms with van der Waals surface area (Å²) >= 11 is 0. The zero-order valence-electron chi connectivity index (χ0n) is 16.4. The molecule has 0 aliphatic carbocycles. The van der Waals surface area contributed by atoms with Crippen molar-refractivity contribution in [3.63, 3.8) is 0 Å². The van der Waals surface area contributed by atoms with Crippen LogP contribution in [0.3, 0.4) is 0 Å². The van der Waals surface area contributed by atoms with Crippen molar-refractivity contribution in [2.75, 3.05) is 16.8 Å². The molecule has 9 nitrogen and oxygen atoms in total. The van der Waals surface area contributed by atoms with Crippen LogP contribution in [0.15, 0.2) is 59.5 Å². The lowest BCUT2D eigenvalue weighted by molar-refractivity contribution is 0.362. The minimum Gasteiger partial charge on any atom is -0.358 e. The fourth-order valence-corrected chi connectivity index (χ4v) is 3.60. The van der Waals surface area contributed by atoms with Crippen molar-refractivity contribution in [2.24, 2.45) is 0 Å². The summed E-state index contributed by atoms with van der Waals surface area (Å²) in [6.45, 7) is 2.80. The van der Waals surface area contributed by atoms with E-state index >= 15 is 0 Å². The number of aryl methyl sites for hydroxylation is 1. The SMILES string of the molecule is Cc1cc(Nc2ccccn2)nc(N2CCCC2c2cc(-c3ncccn3)no2)n1. The Kier molecular flexibility index (Phi) is 4.76. The van der Waals surface area contributed by atoms with Gasteiger partial charge in [0.1, 0.15) is 11.6 Å². The first kappa shape index (κ1) is 18.2. The van der Waals surface area contributed by atoms with Crippen LogP contribution in [0, 0.1) is 6.92 Å². The predicted molar refractivity (Wildman–Crippen MR) is 111 cm³/mol. The van der Waals surface area contributed by atoms with Gasteiger partial charge >= 0.3 is 0 Å². The van der Waals surface area contributed by atoms with E-state index in [1.54, 1.807) is 24.7 Å². The van der Waals surface area contributed by atoms with Crippen LogP contribution < -0.4 is 10.2 Å². The van der Waals surface area contributed by atoms with Gasteiger partial charge in [0, 0.05) is 43.0 Å². The first-order chi connectivity index (χ1) is 14.8. The molecule has 1 saturated heterocycles. The standard InChI is InChI=1S/C21H20N8O/c1-14-12-19(26-18-7-2-3-8-22-18)27-21(25-14)29-11-4-6-16(29)17-13-15(28-30-17)20-23-9-5-10-24-20/h2-3,5,7-10,12-13,16H,4,6,11H2,1H3,(H,22,25,26,27). The third kappa shape index (κ3) is 3.69. The van der Waals surface area contributed by atoms with Crippen molar-refractivity contribution in [3.8, 4) is 11.5 Å². The molecule has 0 saturated carbocycles. The molecular weight excluding hydrogens is 380 g/mol. The average molecular weight is 400 g/mol. The third-order valence-corrected chi connectivity index (χ3v) is 4.92. The summed E-state index contributed by atoms with van der Waals surface area (Å²) in [5, 5.41) is 7.41. The summed E-state index contributed by atoms with van der Waals surface area (Å²) in [6, 6.07) is 11.3. The van der Waals surface area contributed by atoms with Gasteiger partial charge in [0.15, 0.2) is 17.3 Å².